The molecule has 0 radical (unpaired) electrons. The number of nitrogens with one attached hydrogen (secondary N) is 1. The number of benzene rings is 2. The van der Waals surface area contributed by atoms with Crippen molar-refractivity contribution in [1.82, 2.24) is 14.9 Å². The lowest BCUT2D eigenvalue weighted by Gasteiger charge is -2.30. The molecule has 0 saturated carbocycles. The van der Waals surface area contributed by atoms with Gasteiger partial charge in [-0.15, -0.1) is 34.0 Å². The van der Waals surface area contributed by atoms with Crippen molar-refractivity contribution in [2.24, 2.45) is 0 Å². The maximum absolute atomic E-state index is 13.2. The van der Waals surface area contributed by atoms with Crippen molar-refractivity contribution in [3.8, 4) is 10.6 Å². The smallest absolute Gasteiger partial charge is 0.285 e. The third-order valence-corrected chi connectivity index (χ3v) is 9.26. The van der Waals surface area contributed by atoms with Crippen molar-refractivity contribution >= 4 is 65.4 Å². The van der Waals surface area contributed by atoms with Gasteiger partial charge < -0.3 is 5.32 Å². The SMILES string of the molecule is CC(C)N1CCc2c(sc(NC(=O)c3nc4ccccc4s3)c2-c2nc3ccccc3s2)C1. The van der Waals surface area contributed by atoms with Gasteiger partial charge >= 0.3 is 0 Å². The zero-order valence-corrected chi connectivity index (χ0v) is 20.7. The number of aromatic nitrogens is 2. The number of carbonyl (C=O) groups is 1. The van der Waals surface area contributed by atoms with Crippen LogP contribution in [0.1, 0.15) is 34.1 Å². The molecule has 1 N–H and O–H groups in total. The second-order valence-corrected chi connectivity index (χ2v) is 11.6. The Morgan fingerprint density at radius 1 is 0.970 bits per heavy atom. The molecule has 6 rings (SSSR count). The van der Waals surface area contributed by atoms with E-state index in [1.807, 2.05) is 42.5 Å². The maximum Gasteiger partial charge on any atom is 0.285 e. The molecule has 4 heterocycles. The van der Waals surface area contributed by atoms with Gasteiger partial charge in [-0.2, -0.15) is 0 Å². The highest BCUT2D eigenvalue weighted by Gasteiger charge is 2.29. The topological polar surface area (TPSA) is 58.1 Å². The van der Waals surface area contributed by atoms with Crippen LogP contribution in [0.3, 0.4) is 0 Å². The highest BCUT2D eigenvalue weighted by atomic mass is 32.1. The van der Waals surface area contributed by atoms with E-state index >= 15 is 0 Å². The Morgan fingerprint density at radius 3 is 2.36 bits per heavy atom. The van der Waals surface area contributed by atoms with Crippen molar-refractivity contribution in [1.29, 1.82) is 0 Å². The molecular weight excluding hydrogens is 469 g/mol. The fourth-order valence-corrected chi connectivity index (χ4v) is 7.52. The van der Waals surface area contributed by atoms with E-state index in [1.165, 1.54) is 21.8 Å². The summed E-state index contributed by atoms with van der Waals surface area (Å²) in [6.07, 6.45) is 0.965. The summed E-state index contributed by atoms with van der Waals surface area (Å²) in [6, 6.07) is 16.6. The van der Waals surface area contributed by atoms with E-state index in [4.69, 9.17) is 4.98 Å². The lowest BCUT2D eigenvalue weighted by Crippen LogP contribution is -2.35. The first kappa shape index (κ1) is 20.9. The largest absolute Gasteiger partial charge is 0.311 e. The molecular formula is C25H22N4OS3. The molecule has 0 aliphatic carbocycles. The van der Waals surface area contributed by atoms with Crippen LogP contribution in [-0.2, 0) is 13.0 Å². The number of carbonyl (C=O) groups excluding carboxylic acids is 1. The van der Waals surface area contributed by atoms with Crippen LogP contribution in [0, 0.1) is 0 Å². The second-order valence-electron chi connectivity index (χ2n) is 8.45. The first-order chi connectivity index (χ1) is 16.1. The van der Waals surface area contributed by atoms with Crippen molar-refractivity contribution < 1.29 is 4.79 Å². The Morgan fingerprint density at radius 2 is 1.67 bits per heavy atom. The molecule has 2 aromatic carbocycles. The Bertz CT molecular complexity index is 1430. The van der Waals surface area contributed by atoms with Gasteiger partial charge in [-0.25, -0.2) is 9.97 Å². The Kier molecular flexibility index (Phi) is 5.25. The zero-order valence-electron chi connectivity index (χ0n) is 18.3. The third kappa shape index (κ3) is 3.77. The molecule has 0 bridgehead atoms. The highest BCUT2D eigenvalue weighted by molar-refractivity contribution is 7.23. The van der Waals surface area contributed by atoms with Gasteiger partial charge in [0.25, 0.3) is 5.91 Å². The number of amides is 1. The number of thiophene rings is 1. The average molecular weight is 491 g/mol. The lowest BCUT2D eigenvalue weighted by atomic mass is 10.0. The zero-order chi connectivity index (χ0) is 22.5. The standard InChI is InChI=1S/C25H22N4OS3/c1-14(2)29-12-11-15-20(13-29)33-24(21(15)23-26-16-7-3-5-9-18(16)31-23)28-22(30)25-27-17-8-4-6-10-19(17)32-25/h3-10,14H,11-13H2,1-2H3,(H,28,30). The molecule has 33 heavy (non-hydrogen) atoms. The van der Waals surface area contributed by atoms with Crippen LogP contribution in [0.4, 0.5) is 5.00 Å². The van der Waals surface area contributed by atoms with Crippen molar-refractivity contribution in [3.63, 3.8) is 0 Å². The number of thiazole rings is 2. The summed E-state index contributed by atoms with van der Waals surface area (Å²) in [6.45, 7) is 6.41. The number of rotatable bonds is 4. The van der Waals surface area contributed by atoms with Crippen LogP contribution in [0.25, 0.3) is 31.0 Å². The van der Waals surface area contributed by atoms with E-state index < -0.39 is 0 Å². The van der Waals surface area contributed by atoms with Crippen LogP contribution in [-0.4, -0.2) is 33.4 Å². The van der Waals surface area contributed by atoms with Gasteiger partial charge in [0.15, 0.2) is 5.01 Å². The monoisotopic (exact) mass is 490 g/mol. The summed E-state index contributed by atoms with van der Waals surface area (Å²) in [4.78, 5) is 26.5. The summed E-state index contributed by atoms with van der Waals surface area (Å²) >= 11 is 4.81. The number of hydrogen-bond donors (Lipinski definition) is 1. The first-order valence-electron chi connectivity index (χ1n) is 11.0. The summed E-state index contributed by atoms with van der Waals surface area (Å²) in [5.74, 6) is -0.155. The van der Waals surface area contributed by atoms with Crippen LogP contribution >= 0.6 is 34.0 Å². The van der Waals surface area contributed by atoms with Gasteiger partial charge in [-0.1, -0.05) is 24.3 Å². The summed E-state index contributed by atoms with van der Waals surface area (Å²) in [5, 5.41) is 5.56. The van der Waals surface area contributed by atoms with Gasteiger partial charge in [0, 0.05) is 29.6 Å². The fourth-order valence-electron chi connectivity index (χ4n) is 4.28. The van der Waals surface area contributed by atoms with E-state index in [-0.39, 0.29) is 5.91 Å². The van der Waals surface area contributed by atoms with Crippen LogP contribution in [0.5, 0.6) is 0 Å². The molecule has 5 nitrogen and oxygen atoms in total. The Labute approximate surface area is 203 Å². The molecule has 5 aromatic rings. The molecule has 0 unspecified atom stereocenters. The van der Waals surface area contributed by atoms with Gasteiger partial charge in [0.05, 0.1) is 20.4 Å². The minimum absolute atomic E-state index is 0.155. The summed E-state index contributed by atoms with van der Waals surface area (Å²) in [7, 11) is 0. The van der Waals surface area contributed by atoms with E-state index in [9.17, 15) is 4.79 Å². The molecule has 1 aliphatic heterocycles. The molecule has 0 saturated heterocycles. The van der Waals surface area contributed by atoms with Gasteiger partial charge in [-0.05, 0) is 50.1 Å². The van der Waals surface area contributed by atoms with Crippen LogP contribution < -0.4 is 5.32 Å². The van der Waals surface area contributed by atoms with E-state index in [0.29, 0.717) is 11.0 Å². The molecule has 0 spiro atoms. The lowest BCUT2D eigenvalue weighted by molar-refractivity contribution is 0.102. The quantitative estimate of drug-likeness (QED) is 0.306. The minimum atomic E-state index is -0.155. The van der Waals surface area contributed by atoms with Gasteiger partial charge in [0.1, 0.15) is 10.0 Å². The molecule has 1 amide bonds. The number of fused-ring (bicyclic) bond motifs is 3. The number of para-hydroxylation sites is 2. The van der Waals surface area contributed by atoms with Gasteiger partial charge in [0.2, 0.25) is 0 Å². The van der Waals surface area contributed by atoms with Crippen LogP contribution in [0.2, 0.25) is 0 Å². The van der Waals surface area contributed by atoms with Crippen molar-refractivity contribution in [3.05, 3.63) is 64.0 Å². The normalized spacial score (nSPS) is 14.3. The average Bonchev–Trinajstić information content (AvgIpc) is 3.52. The summed E-state index contributed by atoms with van der Waals surface area (Å²) < 4.78 is 2.18. The minimum Gasteiger partial charge on any atom is -0.311 e. The van der Waals surface area contributed by atoms with E-state index in [1.54, 1.807) is 22.7 Å². The van der Waals surface area contributed by atoms with Gasteiger partial charge in [-0.3, -0.25) is 9.69 Å². The molecule has 1 aliphatic rings. The number of hydrogen-bond acceptors (Lipinski definition) is 7. The number of nitrogens with zero attached hydrogens (tertiary/aromatic N) is 3. The molecule has 8 heteroatoms. The first-order valence-corrected chi connectivity index (χ1v) is 13.4. The third-order valence-electron chi connectivity index (χ3n) is 6.04. The molecule has 0 fully saturated rings. The predicted octanol–water partition coefficient (Wildman–Crippen LogP) is 6.65. The number of anilines is 1. The fraction of sp³-hybridized carbons (Fsp3) is 0.240. The van der Waals surface area contributed by atoms with E-state index in [2.05, 4.69) is 35.1 Å². The molecule has 3 aromatic heterocycles. The van der Waals surface area contributed by atoms with E-state index in [0.717, 1.165) is 55.5 Å². The highest BCUT2D eigenvalue weighted by Crippen LogP contribution is 2.46. The van der Waals surface area contributed by atoms with Crippen molar-refractivity contribution in [2.75, 3.05) is 11.9 Å². The predicted molar refractivity (Wildman–Crippen MR) is 140 cm³/mol. The maximum atomic E-state index is 13.2. The Hall–Kier alpha value is -2.65. The molecule has 166 valence electrons. The van der Waals surface area contributed by atoms with Crippen LogP contribution in [0.15, 0.2) is 48.5 Å². The Balaban J connectivity index is 1.42. The summed E-state index contributed by atoms with van der Waals surface area (Å²) in [5.41, 5.74) is 4.28. The second kappa shape index (κ2) is 8.29. The molecule has 0 atom stereocenters. The van der Waals surface area contributed by atoms with Crippen molar-refractivity contribution in [2.45, 2.75) is 32.9 Å².